The van der Waals surface area contributed by atoms with Gasteiger partial charge in [-0.1, -0.05) is 18.2 Å². The third kappa shape index (κ3) is 4.78. The predicted octanol–water partition coefficient (Wildman–Crippen LogP) is 4.48. The molecule has 1 fully saturated rings. The average Bonchev–Trinajstić information content (AvgIpc) is 3.23. The van der Waals surface area contributed by atoms with Crippen LogP contribution in [0.2, 0.25) is 0 Å². The van der Waals surface area contributed by atoms with Gasteiger partial charge in [0.2, 0.25) is 10.0 Å². The standard InChI is InChI=1S/C26H25N3O5S/c30-25(31)18-28-17-24(23-7-4-14-27-26(23)28)19-12-15-29(16-13-19)35(32,33)22-10-8-21(9-11-22)34-20-5-2-1-3-6-20/h1-11,14,17,19H,12-13,15-16,18H2,(H,30,31). The molecule has 0 atom stereocenters. The molecule has 0 saturated carbocycles. The van der Waals surface area contributed by atoms with E-state index in [1.54, 1.807) is 35.0 Å². The molecule has 0 amide bonds. The number of aromatic nitrogens is 2. The van der Waals surface area contributed by atoms with E-state index < -0.39 is 16.0 Å². The van der Waals surface area contributed by atoms with Crippen molar-refractivity contribution in [1.29, 1.82) is 0 Å². The van der Waals surface area contributed by atoms with Crippen LogP contribution in [0.3, 0.4) is 0 Å². The van der Waals surface area contributed by atoms with Gasteiger partial charge in [-0.15, -0.1) is 0 Å². The molecule has 2 aromatic heterocycles. The highest BCUT2D eigenvalue weighted by Gasteiger charge is 2.31. The molecule has 1 aliphatic heterocycles. The van der Waals surface area contributed by atoms with Gasteiger partial charge in [-0.05, 0) is 72.9 Å². The number of piperidine rings is 1. The molecule has 35 heavy (non-hydrogen) atoms. The van der Waals surface area contributed by atoms with Gasteiger partial charge in [0.15, 0.2) is 0 Å². The lowest BCUT2D eigenvalue weighted by Crippen LogP contribution is -2.37. The molecule has 5 rings (SSSR count). The van der Waals surface area contributed by atoms with Gasteiger partial charge in [0.05, 0.1) is 4.90 Å². The van der Waals surface area contributed by atoms with Crippen molar-refractivity contribution >= 4 is 27.0 Å². The van der Waals surface area contributed by atoms with E-state index in [1.807, 2.05) is 48.7 Å². The van der Waals surface area contributed by atoms with Crippen LogP contribution in [0.15, 0.2) is 84.0 Å². The first-order valence-corrected chi connectivity index (χ1v) is 12.8. The first-order valence-electron chi connectivity index (χ1n) is 11.4. The maximum atomic E-state index is 13.2. The number of para-hydroxylation sites is 1. The van der Waals surface area contributed by atoms with Crippen LogP contribution in [0.25, 0.3) is 11.0 Å². The van der Waals surface area contributed by atoms with Crippen molar-refractivity contribution in [3.8, 4) is 11.5 Å². The number of sulfonamides is 1. The number of nitrogens with zero attached hydrogens (tertiary/aromatic N) is 3. The fourth-order valence-electron chi connectivity index (χ4n) is 4.60. The number of pyridine rings is 1. The maximum absolute atomic E-state index is 13.2. The molecule has 0 aliphatic carbocycles. The average molecular weight is 492 g/mol. The molecule has 1 saturated heterocycles. The van der Waals surface area contributed by atoms with Crippen LogP contribution in [0, 0.1) is 0 Å². The summed E-state index contributed by atoms with van der Waals surface area (Å²) in [4.78, 5) is 15.9. The molecule has 8 nitrogen and oxygen atoms in total. The molecular weight excluding hydrogens is 466 g/mol. The number of aliphatic carboxylic acids is 1. The molecule has 180 valence electrons. The number of carbonyl (C=O) groups is 1. The monoisotopic (exact) mass is 491 g/mol. The topological polar surface area (TPSA) is 102 Å². The fourth-order valence-corrected chi connectivity index (χ4v) is 6.07. The van der Waals surface area contributed by atoms with Gasteiger partial charge in [0.1, 0.15) is 23.7 Å². The highest BCUT2D eigenvalue weighted by Crippen LogP contribution is 2.35. The second kappa shape index (κ2) is 9.52. The highest BCUT2D eigenvalue weighted by atomic mass is 32.2. The zero-order chi connectivity index (χ0) is 24.4. The number of ether oxygens (including phenoxy) is 1. The number of rotatable bonds is 7. The molecule has 9 heteroatoms. The summed E-state index contributed by atoms with van der Waals surface area (Å²) in [5.74, 6) is 0.454. The molecule has 1 N–H and O–H groups in total. The molecule has 4 aromatic rings. The van der Waals surface area contributed by atoms with E-state index in [2.05, 4.69) is 4.98 Å². The van der Waals surface area contributed by atoms with Gasteiger partial charge in [-0.3, -0.25) is 4.79 Å². The minimum absolute atomic E-state index is 0.129. The summed E-state index contributed by atoms with van der Waals surface area (Å²) >= 11 is 0. The van der Waals surface area contributed by atoms with E-state index in [4.69, 9.17) is 4.74 Å². The highest BCUT2D eigenvalue weighted by molar-refractivity contribution is 7.89. The van der Waals surface area contributed by atoms with Gasteiger partial charge in [-0.2, -0.15) is 4.31 Å². The van der Waals surface area contributed by atoms with Crippen molar-refractivity contribution in [3.63, 3.8) is 0 Å². The lowest BCUT2D eigenvalue weighted by Gasteiger charge is -2.31. The summed E-state index contributed by atoms with van der Waals surface area (Å²) in [6, 6.07) is 19.6. The van der Waals surface area contributed by atoms with Crippen LogP contribution >= 0.6 is 0 Å². The fraction of sp³-hybridized carbons (Fsp3) is 0.231. The van der Waals surface area contributed by atoms with Gasteiger partial charge >= 0.3 is 5.97 Å². The van der Waals surface area contributed by atoms with Gasteiger partial charge in [0.25, 0.3) is 0 Å². The molecule has 0 unspecified atom stereocenters. The summed E-state index contributed by atoms with van der Waals surface area (Å²) in [5.41, 5.74) is 1.66. The smallest absolute Gasteiger partial charge is 0.323 e. The summed E-state index contributed by atoms with van der Waals surface area (Å²) in [6.45, 7) is 0.618. The lowest BCUT2D eigenvalue weighted by molar-refractivity contribution is -0.137. The summed E-state index contributed by atoms with van der Waals surface area (Å²) in [5, 5.41) is 10.2. The summed E-state index contributed by atoms with van der Waals surface area (Å²) < 4.78 is 35.4. The first kappa shape index (κ1) is 23.1. The van der Waals surface area contributed by atoms with Crippen LogP contribution in [0.1, 0.15) is 24.3 Å². The van der Waals surface area contributed by atoms with Crippen LogP contribution in [0.4, 0.5) is 0 Å². The van der Waals surface area contributed by atoms with Crippen molar-refractivity contribution in [2.75, 3.05) is 13.1 Å². The molecule has 1 aliphatic rings. The van der Waals surface area contributed by atoms with E-state index >= 15 is 0 Å². The predicted molar refractivity (Wildman–Crippen MR) is 131 cm³/mol. The molecule has 3 heterocycles. The van der Waals surface area contributed by atoms with Crippen molar-refractivity contribution in [2.45, 2.75) is 30.2 Å². The van der Waals surface area contributed by atoms with Crippen LogP contribution < -0.4 is 4.74 Å². The van der Waals surface area contributed by atoms with E-state index in [1.165, 1.54) is 4.31 Å². The Kier molecular flexibility index (Phi) is 6.27. The van der Waals surface area contributed by atoms with E-state index in [0.29, 0.717) is 43.1 Å². The molecule has 0 radical (unpaired) electrons. The van der Waals surface area contributed by atoms with Gasteiger partial charge in [0, 0.05) is 30.9 Å². The number of hydrogen-bond donors (Lipinski definition) is 1. The van der Waals surface area contributed by atoms with Crippen LogP contribution in [0.5, 0.6) is 11.5 Å². The zero-order valence-corrected chi connectivity index (χ0v) is 19.8. The van der Waals surface area contributed by atoms with Crippen molar-refractivity contribution in [3.05, 3.63) is 84.7 Å². The molecule has 0 spiro atoms. The first-order chi connectivity index (χ1) is 16.9. The van der Waals surface area contributed by atoms with Crippen LogP contribution in [-0.4, -0.2) is 46.4 Å². The van der Waals surface area contributed by atoms with Crippen molar-refractivity contribution in [2.24, 2.45) is 0 Å². The summed E-state index contributed by atoms with van der Waals surface area (Å²) in [6.07, 6.45) is 4.80. The van der Waals surface area contributed by atoms with E-state index in [-0.39, 0.29) is 17.4 Å². The van der Waals surface area contributed by atoms with E-state index in [0.717, 1.165) is 10.9 Å². The third-order valence-electron chi connectivity index (χ3n) is 6.30. The normalized spacial score (nSPS) is 15.3. The number of hydrogen-bond acceptors (Lipinski definition) is 5. The number of carboxylic acids is 1. The quantitative estimate of drug-likeness (QED) is 0.409. The minimum Gasteiger partial charge on any atom is -0.480 e. The Morgan fingerprint density at radius 1 is 0.971 bits per heavy atom. The number of benzene rings is 2. The zero-order valence-electron chi connectivity index (χ0n) is 18.9. The number of carboxylic acid groups (broad SMARTS) is 1. The van der Waals surface area contributed by atoms with Gasteiger partial charge in [-0.25, -0.2) is 13.4 Å². The Labute approximate surface area is 203 Å². The second-order valence-electron chi connectivity index (χ2n) is 8.55. The Hall–Kier alpha value is -3.69. The van der Waals surface area contributed by atoms with E-state index in [9.17, 15) is 18.3 Å². The van der Waals surface area contributed by atoms with Crippen LogP contribution in [-0.2, 0) is 21.4 Å². The van der Waals surface area contributed by atoms with Gasteiger partial charge < -0.3 is 14.4 Å². The Bertz CT molecular complexity index is 1440. The number of fused-ring (bicyclic) bond motifs is 1. The Balaban J connectivity index is 1.29. The van der Waals surface area contributed by atoms with Crippen molar-refractivity contribution in [1.82, 2.24) is 13.9 Å². The molecule has 0 bridgehead atoms. The summed E-state index contributed by atoms with van der Waals surface area (Å²) in [7, 11) is -3.63. The minimum atomic E-state index is -3.63. The van der Waals surface area contributed by atoms with Crippen molar-refractivity contribution < 1.29 is 23.1 Å². The second-order valence-corrected chi connectivity index (χ2v) is 10.5. The molecular formula is C26H25N3O5S. The SMILES string of the molecule is O=C(O)Cn1cc(C2CCN(S(=O)(=O)c3ccc(Oc4ccccc4)cc3)CC2)c2cccnc21. The molecule has 2 aromatic carbocycles. The Morgan fingerprint density at radius 2 is 1.66 bits per heavy atom. The third-order valence-corrected chi connectivity index (χ3v) is 8.22. The Morgan fingerprint density at radius 3 is 2.34 bits per heavy atom. The largest absolute Gasteiger partial charge is 0.480 e. The lowest BCUT2D eigenvalue weighted by atomic mass is 9.90. The maximum Gasteiger partial charge on any atom is 0.323 e.